The molecule has 1 atom stereocenters. The lowest BCUT2D eigenvalue weighted by atomic mass is 10.0. The highest BCUT2D eigenvalue weighted by atomic mass is 19.1. The molecular formula is C17H23FN4O. The third kappa shape index (κ3) is 4.16. The van der Waals surface area contributed by atoms with E-state index in [1.807, 2.05) is 33.8 Å². The minimum absolute atomic E-state index is 0.308. The smallest absolute Gasteiger partial charge is 0.241 e. The van der Waals surface area contributed by atoms with Crippen LogP contribution in [0.15, 0.2) is 24.3 Å². The molecule has 0 spiro atoms. The van der Waals surface area contributed by atoms with Crippen molar-refractivity contribution in [1.82, 2.24) is 9.78 Å². The van der Waals surface area contributed by atoms with Crippen molar-refractivity contribution in [2.45, 2.75) is 40.2 Å². The number of carbonyl (C=O) groups is 1. The van der Waals surface area contributed by atoms with Crippen molar-refractivity contribution >= 4 is 11.6 Å². The van der Waals surface area contributed by atoms with E-state index in [-0.39, 0.29) is 5.91 Å². The maximum absolute atomic E-state index is 14.3. The number of rotatable bonds is 5. The van der Waals surface area contributed by atoms with Crippen LogP contribution in [0.2, 0.25) is 0 Å². The van der Waals surface area contributed by atoms with E-state index in [2.05, 4.69) is 10.4 Å². The van der Waals surface area contributed by atoms with Crippen molar-refractivity contribution in [3.8, 4) is 5.69 Å². The molecule has 124 valence electrons. The van der Waals surface area contributed by atoms with Crippen molar-refractivity contribution < 1.29 is 9.18 Å². The minimum Gasteiger partial charge on any atom is -0.325 e. The van der Waals surface area contributed by atoms with E-state index in [0.29, 0.717) is 23.7 Å². The first kappa shape index (κ1) is 17.1. The Hall–Kier alpha value is -2.21. The van der Waals surface area contributed by atoms with Gasteiger partial charge in [-0.3, -0.25) is 4.79 Å². The largest absolute Gasteiger partial charge is 0.325 e. The van der Waals surface area contributed by atoms with Crippen molar-refractivity contribution in [2.75, 3.05) is 5.32 Å². The molecule has 0 unspecified atom stereocenters. The molecule has 6 heteroatoms. The summed E-state index contributed by atoms with van der Waals surface area (Å²) in [5, 5.41) is 6.91. The van der Waals surface area contributed by atoms with Gasteiger partial charge in [0.05, 0.1) is 11.7 Å². The van der Waals surface area contributed by atoms with Crippen molar-refractivity contribution in [3.05, 3.63) is 41.5 Å². The zero-order valence-electron chi connectivity index (χ0n) is 13.9. The van der Waals surface area contributed by atoms with Crippen LogP contribution in [0.3, 0.4) is 0 Å². The summed E-state index contributed by atoms with van der Waals surface area (Å²) in [6.45, 7) is 7.71. The number of hydrogen-bond acceptors (Lipinski definition) is 3. The molecular weight excluding hydrogens is 295 g/mol. The summed E-state index contributed by atoms with van der Waals surface area (Å²) >= 11 is 0. The van der Waals surface area contributed by atoms with Crippen LogP contribution in [0.25, 0.3) is 5.69 Å². The van der Waals surface area contributed by atoms with E-state index < -0.39 is 11.9 Å². The van der Waals surface area contributed by atoms with Gasteiger partial charge < -0.3 is 11.1 Å². The van der Waals surface area contributed by atoms with Gasteiger partial charge in [-0.1, -0.05) is 13.8 Å². The highest BCUT2D eigenvalue weighted by molar-refractivity contribution is 5.94. The Morgan fingerprint density at radius 1 is 1.35 bits per heavy atom. The third-order valence-electron chi connectivity index (χ3n) is 3.52. The van der Waals surface area contributed by atoms with Crippen LogP contribution in [-0.2, 0) is 4.79 Å². The van der Waals surface area contributed by atoms with E-state index in [1.165, 1.54) is 6.07 Å². The van der Waals surface area contributed by atoms with Gasteiger partial charge in [0.2, 0.25) is 5.91 Å². The number of halogens is 1. The lowest BCUT2D eigenvalue weighted by Gasteiger charge is -2.15. The lowest BCUT2D eigenvalue weighted by Crippen LogP contribution is -2.36. The second-order valence-corrected chi connectivity index (χ2v) is 6.23. The van der Waals surface area contributed by atoms with E-state index in [4.69, 9.17) is 5.73 Å². The normalized spacial score (nSPS) is 12.5. The summed E-state index contributed by atoms with van der Waals surface area (Å²) < 4.78 is 15.9. The Labute approximate surface area is 135 Å². The first-order valence-corrected chi connectivity index (χ1v) is 7.67. The summed E-state index contributed by atoms with van der Waals surface area (Å²) in [4.78, 5) is 12.0. The van der Waals surface area contributed by atoms with Crippen molar-refractivity contribution in [3.63, 3.8) is 0 Å². The topological polar surface area (TPSA) is 72.9 Å². The molecule has 2 rings (SSSR count). The van der Waals surface area contributed by atoms with Crippen LogP contribution >= 0.6 is 0 Å². The molecule has 0 bridgehead atoms. The number of nitrogens with one attached hydrogen (secondary N) is 1. The van der Waals surface area contributed by atoms with Crippen LogP contribution in [0, 0.1) is 25.6 Å². The van der Waals surface area contributed by atoms with Gasteiger partial charge in [-0.25, -0.2) is 9.07 Å². The summed E-state index contributed by atoms with van der Waals surface area (Å²) in [5.74, 6) is -0.440. The number of carbonyl (C=O) groups excluding carboxylic acids is 1. The van der Waals surface area contributed by atoms with Crippen LogP contribution in [0.5, 0.6) is 0 Å². The number of benzene rings is 1. The Morgan fingerprint density at radius 3 is 2.57 bits per heavy atom. The molecule has 1 heterocycles. The summed E-state index contributed by atoms with van der Waals surface area (Å²) in [7, 11) is 0. The van der Waals surface area contributed by atoms with Crippen LogP contribution in [0.1, 0.15) is 31.7 Å². The Morgan fingerprint density at radius 2 is 2.04 bits per heavy atom. The van der Waals surface area contributed by atoms with Gasteiger partial charge in [0.15, 0.2) is 5.82 Å². The molecule has 1 amide bonds. The molecule has 0 aliphatic rings. The Bertz CT molecular complexity index is 709. The van der Waals surface area contributed by atoms with Gasteiger partial charge in [-0.2, -0.15) is 5.10 Å². The zero-order valence-corrected chi connectivity index (χ0v) is 13.9. The number of nitrogens with two attached hydrogens (primary N) is 1. The molecule has 1 aromatic carbocycles. The predicted molar refractivity (Wildman–Crippen MR) is 89.1 cm³/mol. The van der Waals surface area contributed by atoms with Crippen LogP contribution in [0.4, 0.5) is 10.1 Å². The molecule has 0 saturated carbocycles. The SMILES string of the molecule is Cc1cc(C)n(-c2ccc(NC(=O)[C@@H](N)CC(C)C)cc2F)n1. The van der Waals surface area contributed by atoms with Gasteiger partial charge in [0.25, 0.3) is 0 Å². The van der Waals surface area contributed by atoms with Crippen molar-refractivity contribution in [2.24, 2.45) is 11.7 Å². The Kier molecular flexibility index (Phi) is 5.15. The third-order valence-corrected chi connectivity index (χ3v) is 3.52. The minimum atomic E-state index is -0.603. The van der Waals surface area contributed by atoms with Gasteiger partial charge in [-0.15, -0.1) is 0 Å². The number of hydrogen-bond donors (Lipinski definition) is 2. The number of aryl methyl sites for hydroxylation is 2. The molecule has 0 aliphatic carbocycles. The van der Waals surface area contributed by atoms with Gasteiger partial charge in [0, 0.05) is 11.4 Å². The first-order valence-electron chi connectivity index (χ1n) is 7.67. The molecule has 5 nitrogen and oxygen atoms in total. The van der Waals surface area contributed by atoms with Gasteiger partial charge in [0.1, 0.15) is 5.69 Å². The molecule has 0 aliphatic heterocycles. The van der Waals surface area contributed by atoms with Crippen LogP contribution < -0.4 is 11.1 Å². The number of amides is 1. The maximum Gasteiger partial charge on any atom is 0.241 e. The molecule has 2 aromatic rings. The molecule has 23 heavy (non-hydrogen) atoms. The highest BCUT2D eigenvalue weighted by Crippen LogP contribution is 2.20. The van der Waals surface area contributed by atoms with Gasteiger partial charge >= 0.3 is 0 Å². The molecule has 0 saturated heterocycles. The second kappa shape index (κ2) is 6.91. The van der Waals surface area contributed by atoms with Crippen LogP contribution in [-0.4, -0.2) is 21.7 Å². The quantitative estimate of drug-likeness (QED) is 0.890. The zero-order chi connectivity index (χ0) is 17.1. The number of anilines is 1. The lowest BCUT2D eigenvalue weighted by molar-refractivity contribution is -0.117. The Balaban J connectivity index is 2.16. The summed E-state index contributed by atoms with van der Waals surface area (Å²) in [6, 6.07) is 5.80. The molecule has 0 radical (unpaired) electrons. The molecule has 0 fully saturated rings. The first-order chi connectivity index (χ1) is 10.8. The summed E-state index contributed by atoms with van der Waals surface area (Å²) in [6.07, 6.45) is 0.582. The standard InChI is InChI=1S/C17H23FN4O/c1-10(2)7-15(19)17(23)20-13-5-6-16(14(18)9-13)22-12(4)8-11(3)21-22/h5-6,8-10,15H,7,19H2,1-4H3,(H,20,23)/t15-/m0/s1. The predicted octanol–water partition coefficient (Wildman–Crippen LogP) is 2.94. The number of aromatic nitrogens is 2. The monoisotopic (exact) mass is 318 g/mol. The number of nitrogens with zero attached hydrogens (tertiary/aromatic N) is 2. The van der Waals surface area contributed by atoms with Crippen molar-refractivity contribution in [1.29, 1.82) is 0 Å². The second-order valence-electron chi connectivity index (χ2n) is 6.23. The average Bonchev–Trinajstić information content (AvgIpc) is 2.77. The van der Waals surface area contributed by atoms with E-state index >= 15 is 0 Å². The molecule has 1 aromatic heterocycles. The van der Waals surface area contributed by atoms with Gasteiger partial charge in [-0.05, 0) is 50.5 Å². The van der Waals surface area contributed by atoms with E-state index in [1.54, 1.807) is 16.8 Å². The fraction of sp³-hybridized carbons (Fsp3) is 0.412. The summed E-state index contributed by atoms with van der Waals surface area (Å²) in [5.41, 5.74) is 8.22. The molecule has 3 N–H and O–H groups in total. The highest BCUT2D eigenvalue weighted by Gasteiger charge is 2.16. The fourth-order valence-corrected chi connectivity index (χ4v) is 2.48. The maximum atomic E-state index is 14.3. The van der Waals surface area contributed by atoms with E-state index in [9.17, 15) is 9.18 Å². The fourth-order valence-electron chi connectivity index (χ4n) is 2.48. The average molecular weight is 318 g/mol. The van der Waals surface area contributed by atoms with E-state index in [0.717, 1.165) is 11.4 Å².